The van der Waals surface area contributed by atoms with Gasteiger partial charge in [0, 0.05) is 49.3 Å². The van der Waals surface area contributed by atoms with Crippen molar-refractivity contribution in [2.45, 2.75) is 33.6 Å². The summed E-state index contributed by atoms with van der Waals surface area (Å²) in [5.41, 5.74) is 3.22. The molecule has 140 valence electrons. The van der Waals surface area contributed by atoms with Crippen LogP contribution in [0.25, 0.3) is 0 Å². The van der Waals surface area contributed by atoms with Gasteiger partial charge in [-0.15, -0.1) is 0 Å². The van der Waals surface area contributed by atoms with Crippen LogP contribution in [0.5, 0.6) is 0 Å². The Morgan fingerprint density at radius 2 is 1.96 bits per heavy atom. The maximum absolute atomic E-state index is 12.4. The van der Waals surface area contributed by atoms with Crippen LogP contribution in [0.1, 0.15) is 36.7 Å². The van der Waals surface area contributed by atoms with Crippen molar-refractivity contribution in [3.8, 4) is 0 Å². The fraction of sp³-hybridized carbons (Fsp3) is 0.526. The number of piperazine rings is 1. The highest BCUT2D eigenvalue weighted by atomic mass is 32.1. The number of aryl methyl sites for hydroxylation is 1. The molecule has 26 heavy (non-hydrogen) atoms. The van der Waals surface area contributed by atoms with Gasteiger partial charge < -0.3 is 10.2 Å². The first kappa shape index (κ1) is 18.8. The van der Waals surface area contributed by atoms with Crippen molar-refractivity contribution >= 4 is 28.3 Å². The highest BCUT2D eigenvalue weighted by molar-refractivity contribution is 7.09. The van der Waals surface area contributed by atoms with E-state index in [-0.39, 0.29) is 5.91 Å². The minimum atomic E-state index is 0.0464. The first-order chi connectivity index (χ1) is 12.4. The summed E-state index contributed by atoms with van der Waals surface area (Å²) >= 11 is 1.47. The standard InChI is InChI=1S/C19H27N5OS/c1-13(2)18-21-19(26-22-18)24-10-8-23(9-11-24)12-17(25)20-16-7-5-6-14(3)15(16)4/h5-7,13H,8-12H2,1-4H3,(H,20,25). The van der Waals surface area contributed by atoms with Crippen LogP contribution in [-0.4, -0.2) is 52.9 Å². The van der Waals surface area contributed by atoms with Crippen molar-refractivity contribution in [1.29, 1.82) is 0 Å². The summed E-state index contributed by atoms with van der Waals surface area (Å²) < 4.78 is 4.43. The number of benzene rings is 1. The molecular weight excluding hydrogens is 346 g/mol. The first-order valence-electron chi connectivity index (χ1n) is 9.11. The summed E-state index contributed by atoms with van der Waals surface area (Å²) in [4.78, 5) is 21.5. The van der Waals surface area contributed by atoms with Crippen molar-refractivity contribution in [2.24, 2.45) is 0 Å². The van der Waals surface area contributed by atoms with Gasteiger partial charge in [-0.1, -0.05) is 26.0 Å². The first-order valence-corrected chi connectivity index (χ1v) is 9.88. The zero-order valence-electron chi connectivity index (χ0n) is 16.0. The normalized spacial score (nSPS) is 15.5. The third-order valence-corrected chi connectivity index (χ3v) is 5.63. The number of amides is 1. The lowest BCUT2D eigenvalue weighted by Gasteiger charge is -2.33. The number of rotatable bonds is 5. The molecule has 1 aromatic heterocycles. The van der Waals surface area contributed by atoms with Gasteiger partial charge in [-0.25, -0.2) is 4.98 Å². The second-order valence-corrected chi connectivity index (χ2v) is 7.88. The second kappa shape index (κ2) is 8.14. The molecule has 1 aliphatic heterocycles. The second-order valence-electron chi connectivity index (χ2n) is 7.15. The Hall–Kier alpha value is -1.99. The van der Waals surface area contributed by atoms with Gasteiger partial charge in [0.05, 0.1) is 6.54 Å². The average Bonchev–Trinajstić information content (AvgIpc) is 3.10. The molecule has 1 amide bonds. The van der Waals surface area contributed by atoms with Crippen LogP contribution in [0.3, 0.4) is 0 Å². The van der Waals surface area contributed by atoms with Crippen LogP contribution in [0.2, 0.25) is 0 Å². The van der Waals surface area contributed by atoms with E-state index >= 15 is 0 Å². The molecule has 1 saturated heterocycles. The van der Waals surface area contributed by atoms with E-state index < -0.39 is 0 Å². The fourth-order valence-electron chi connectivity index (χ4n) is 2.97. The number of anilines is 2. The predicted octanol–water partition coefficient (Wildman–Crippen LogP) is 3.04. The molecule has 0 spiro atoms. The average molecular weight is 374 g/mol. The van der Waals surface area contributed by atoms with Crippen LogP contribution in [-0.2, 0) is 4.79 Å². The third-order valence-electron chi connectivity index (χ3n) is 4.84. The van der Waals surface area contributed by atoms with Gasteiger partial charge in [0.1, 0.15) is 5.82 Å². The summed E-state index contributed by atoms with van der Waals surface area (Å²) in [5, 5.41) is 4.04. The smallest absolute Gasteiger partial charge is 0.238 e. The predicted molar refractivity (Wildman–Crippen MR) is 107 cm³/mol. The molecule has 0 radical (unpaired) electrons. The van der Waals surface area contributed by atoms with Crippen molar-refractivity contribution in [1.82, 2.24) is 14.3 Å². The topological polar surface area (TPSA) is 61.4 Å². The maximum Gasteiger partial charge on any atom is 0.238 e. The van der Waals surface area contributed by atoms with Gasteiger partial charge in [0.2, 0.25) is 11.0 Å². The van der Waals surface area contributed by atoms with E-state index in [2.05, 4.69) is 51.3 Å². The Bertz CT molecular complexity index is 765. The summed E-state index contributed by atoms with van der Waals surface area (Å²) in [6, 6.07) is 5.99. The van der Waals surface area contributed by atoms with E-state index in [1.165, 1.54) is 17.1 Å². The van der Waals surface area contributed by atoms with Crippen LogP contribution < -0.4 is 10.2 Å². The molecular formula is C19H27N5OS. The molecule has 3 rings (SSSR count). The molecule has 1 fully saturated rings. The SMILES string of the molecule is Cc1cccc(NC(=O)CN2CCN(c3nc(C(C)C)ns3)CC2)c1C. The molecule has 2 aromatic rings. The lowest BCUT2D eigenvalue weighted by Crippen LogP contribution is -2.48. The fourth-order valence-corrected chi connectivity index (χ4v) is 3.83. The van der Waals surface area contributed by atoms with Crippen LogP contribution in [0.4, 0.5) is 10.8 Å². The molecule has 1 N–H and O–H groups in total. The Morgan fingerprint density at radius 3 is 2.62 bits per heavy atom. The highest BCUT2D eigenvalue weighted by Crippen LogP contribution is 2.22. The molecule has 0 aliphatic carbocycles. The number of carbonyl (C=O) groups excluding carboxylic acids is 1. The van der Waals surface area contributed by atoms with Crippen LogP contribution in [0, 0.1) is 13.8 Å². The number of carbonyl (C=O) groups is 1. The van der Waals surface area contributed by atoms with Gasteiger partial charge in [-0.05, 0) is 31.0 Å². The van der Waals surface area contributed by atoms with E-state index in [0.29, 0.717) is 12.5 Å². The summed E-state index contributed by atoms with van der Waals surface area (Å²) in [6.45, 7) is 12.2. The Kier molecular flexibility index (Phi) is 5.88. The Balaban J connectivity index is 1.50. The molecule has 7 heteroatoms. The van der Waals surface area contributed by atoms with Gasteiger partial charge >= 0.3 is 0 Å². The maximum atomic E-state index is 12.4. The molecule has 1 aliphatic rings. The summed E-state index contributed by atoms with van der Waals surface area (Å²) in [5.74, 6) is 1.32. The van der Waals surface area contributed by atoms with E-state index in [9.17, 15) is 4.79 Å². The number of hydrogen-bond donors (Lipinski definition) is 1. The van der Waals surface area contributed by atoms with Gasteiger partial charge in [-0.3, -0.25) is 9.69 Å². The van der Waals surface area contributed by atoms with Crippen molar-refractivity contribution in [2.75, 3.05) is 42.9 Å². The van der Waals surface area contributed by atoms with Crippen molar-refractivity contribution < 1.29 is 4.79 Å². The minimum absolute atomic E-state index is 0.0464. The lowest BCUT2D eigenvalue weighted by molar-refractivity contribution is -0.117. The third kappa shape index (κ3) is 4.40. The molecule has 0 unspecified atom stereocenters. The molecule has 1 aromatic carbocycles. The molecule has 6 nitrogen and oxygen atoms in total. The Labute approximate surface area is 159 Å². The Morgan fingerprint density at radius 1 is 1.23 bits per heavy atom. The van der Waals surface area contributed by atoms with Gasteiger partial charge in [0.25, 0.3) is 0 Å². The van der Waals surface area contributed by atoms with E-state index in [1.807, 2.05) is 19.1 Å². The molecule has 0 bridgehead atoms. The summed E-state index contributed by atoms with van der Waals surface area (Å²) in [7, 11) is 0. The monoisotopic (exact) mass is 373 g/mol. The zero-order chi connectivity index (χ0) is 18.7. The van der Waals surface area contributed by atoms with E-state index in [1.54, 1.807) is 0 Å². The summed E-state index contributed by atoms with van der Waals surface area (Å²) in [6.07, 6.45) is 0. The zero-order valence-corrected chi connectivity index (χ0v) is 16.8. The van der Waals surface area contributed by atoms with Crippen LogP contribution >= 0.6 is 11.5 Å². The molecule has 2 heterocycles. The largest absolute Gasteiger partial charge is 0.344 e. The van der Waals surface area contributed by atoms with E-state index in [0.717, 1.165) is 48.4 Å². The molecule has 0 atom stereocenters. The van der Waals surface area contributed by atoms with Crippen LogP contribution in [0.15, 0.2) is 18.2 Å². The van der Waals surface area contributed by atoms with E-state index in [4.69, 9.17) is 0 Å². The number of hydrogen-bond acceptors (Lipinski definition) is 6. The highest BCUT2D eigenvalue weighted by Gasteiger charge is 2.22. The van der Waals surface area contributed by atoms with Gasteiger partial charge in [-0.2, -0.15) is 4.37 Å². The molecule has 0 saturated carbocycles. The van der Waals surface area contributed by atoms with Gasteiger partial charge in [0.15, 0.2) is 0 Å². The van der Waals surface area contributed by atoms with Crippen molar-refractivity contribution in [3.05, 3.63) is 35.2 Å². The lowest BCUT2D eigenvalue weighted by atomic mass is 10.1. The minimum Gasteiger partial charge on any atom is -0.344 e. The van der Waals surface area contributed by atoms with Crippen molar-refractivity contribution in [3.63, 3.8) is 0 Å². The number of nitrogens with zero attached hydrogens (tertiary/aromatic N) is 4. The quantitative estimate of drug-likeness (QED) is 0.873. The number of nitrogens with one attached hydrogen (secondary N) is 1. The number of aromatic nitrogens is 2.